The predicted molar refractivity (Wildman–Crippen MR) is 99.7 cm³/mol. The van der Waals surface area contributed by atoms with E-state index in [0.717, 1.165) is 10.6 Å². The molecule has 0 aliphatic carbocycles. The van der Waals surface area contributed by atoms with Gasteiger partial charge in [0.2, 0.25) is 11.8 Å². The van der Waals surface area contributed by atoms with Gasteiger partial charge >= 0.3 is 0 Å². The van der Waals surface area contributed by atoms with Gasteiger partial charge in [0.25, 0.3) is 5.89 Å². The molecule has 0 atom stereocenters. The highest BCUT2D eigenvalue weighted by molar-refractivity contribution is 7.13. The molecule has 6 heteroatoms. The first kappa shape index (κ1) is 17.4. The first-order valence-corrected chi connectivity index (χ1v) is 9.06. The number of aromatic nitrogens is 2. The number of hydrogen-bond donors (Lipinski definition) is 1. The van der Waals surface area contributed by atoms with E-state index in [0.29, 0.717) is 24.6 Å². The van der Waals surface area contributed by atoms with E-state index in [1.165, 1.54) is 5.56 Å². The van der Waals surface area contributed by atoms with E-state index in [1.807, 2.05) is 41.8 Å². The molecule has 0 fully saturated rings. The number of hydrogen-bond acceptors (Lipinski definition) is 5. The van der Waals surface area contributed by atoms with Crippen molar-refractivity contribution in [3.05, 3.63) is 53.2 Å². The van der Waals surface area contributed by atoms with Crippen molar-refractivity contribution in [3.8, 4) is 10.8 Å². The Balaban J connectivity index is 1.53. The lowest BCUT2D eigenvalue weighted by Crippen LogP contribution is -2.14. The highest BCUT2D eigenvalue weighted by atomic mass is 32.1. The minimum Gasteiger partial charge on any atom is -0.420 e. The van der Waals surface area contributed by atoms with Crippen LogP contribution in [0.15, 0.2) is 46.2 Å². The maximum atomic E-state index is 12.1. The minimum absolute atomic E-state index is 0.0700. The molecule has 0 unspecified atom stereocenters. The molecule has 25 heavy (non-hydrogen) atoms. The second-order valence-electron chi connectivity index (χ2n) is 6.85. The molecule has 0 bridgehead atoms. The quantitative estimate of drug-likeness (QED) is 0.722. The summed E-state index contributed by atoms with van der Waals surface area (Å²) in [5, 5.41) is 12.9. The first-order chi connectivity index (χ1) is 11.9. The maximum Gasteiger partial charge on any atom is 0.257 e. The van der Waals surface area contributed by atoms with Crippen molar-refractivity contribution in [3.63, 3.8) is 0 Å². The van der Waals surface area contributed by atoms with Crippen LogP contribution in [-0.4, -0.2) is 16.1 Å². The molecule has 1 amide bonds. The zero-order valence-electron chi connectivity index (χ0n) is 14.6. The fourth-order valence-electron chi connectivity index (χ4n) is 2.35. The lowest BCUT2D eigenvalue weighted by molar-refractivity contribution is -0.116. The zero-order valence-corrected chi connectivity index (χ0v) is 15.4. The van der Waals surface area contributed by atoms with E-state index in [1.54, 1.807) is 11.3 Å². The summed E-state index contributed by atoms with van der Waals surface area (Å²) in [5.41, 5.74) is 2.13. The van der Waals surface area contributed by atoms with Crippen molar-refractivity contribution in [2.24, 2.45) is 0 Å². The van der Waals surface area contributed by atoms with Gasteiger partial charge in [0.05, 0.1) is 4.88 Å². The van der Waals surface area contributed by atoms with Crippen molar-refractivity contribution in [2.75, 3.05) is 5.32 Å². The molecule has 0 aliphatic heterocycles. The van der Waals surface area contributed by atoms with Crippen LogP contribution in [0, 0.1) is 0 Å². The fraction of sp³-hybridized carbons (Fsp3) is 0.316. The summed E-state index contributed by atoms with van der Waals surface area (Å²) in [5.74, 6) is 0.907. The Hall–Kier alpha value is -2.47. The third kappa shape index (κ3) is 4.54. The second kappa shape index (κ2) is 7.19. The molecule has 0 saturated heterocycles. The van der Waals surface area contributed by atoms with E-state index in [-0.39, 0.29) is 11.3 Å². The summed E-state index contributed by atoms with van der Waals surface area (Å²) in [4.78, 5) is 13.0. The molecule has 2 heterocycles. The Bertz CT molecular complexity index is 830. The fourth-order valence-corrected chi connectivity index (χ4v) is 3.00. The van der Waals surface area contributed by atoms with Crippen LogP contribution in [0.2, 0.25) is 0 Å². The molecule has 5 nitrogen and oxygen atoms in total. The van der Waals surface area contributed by atoms with E-state index in [9.17, 15) is 4.79 Å². The maximum absolute atomic E-state index is 12.1. The minimum atomic E-state index is -0.0700. The van der Waals surface area contributed by atoms with Gasteiger partial charge in [-0.05, 0) is 34.6 Å². The number of aryl methyl sites for hydroxylation is 1. The van der Waals surface area contributed by atoms with Gasteiger partial charge in [-0.3, -0.25) is 4.79 Å². The number of thiophene rings is 1. The third-order valence-corrected chi connectivity index (χ3v) is 4.66. The average Bonchev–Trinajstić information content (AvgIpc) is 3.24. The van der Waals surface area contributed by atoms with Gasteiger partial charge in [-0.15, -0.1) is 21.5 Å². The molecule has 2 aromatic heterocycles. The lowest BCUT2D eigenvalue weighted by atomic mass is 9.87. The Morgan fingerprint density at radius 3 is 2.56 bits per heavy atom. The largest absolute Gasteiger partial charge is 0.420 e. The van der Waals surface area contributed by atoms with Gasteiger partial charge in [0.15, 0.2) is 0 Å². The smallest absolute Gasteiger partial charge is 0.257 e. The number of benzene rings is 1. The van der Waals surface area contributed by atoms with Crippen LogP contribution in [0.25, 0.3) is 10.8 Å². The van der Waals surface area contributed by atoms with Gasteiger partial charge in [-0.25, -0.2) is 0 Å². The standard InChI is InChI=1S/C19H21N3O2S/c1-19(2,3)13-6-8-14(9-7-13)20-16(23)10-11-17-21-22-18(24-17)15-5-4-12-25-15/h4-9,12H,10-11H2,1-3H3,(H,20,23). The highest BCUT2D eigenvalue weighted by Gasteiger charge is 2.14. The molecule has 3 rings (SSSR count). The number of anilines is 1. The van der Waals surface area contributed by atoms with Crippen LogP contribution in [0.4, 0.5) is 5.69 Å². The molecule has 130 valence electrons. The number of nitrogens with one attached hydrogen (secondary N) is 1. The Labute approximate surface area is 151 Å². The van der Waals surface area contributed by atoms with Crippen LogP contribution in [0.5, 0.6) is 0 Å². The highest BCUT2D eigenvalue weighted by Crippen LogP contribution is 2.24. The molecule has 0 aliphatic rings. The summed E-state index contributed by atoms with van der Waals surface area (Å²) in [6, 6.07) is 11.8. The van der Waals surface area contributed by atoms with Crippen LogP contribution >= 0.6 is 11.3 Å². The van der Waals surface area contributed by atoms with Crippen molar-refractivity contribution in [1.82, 2.24) is 10.2 Å². The van der Waals surface area contributed by atoms with E-state index in [4.69, 9.17) is 4.42 Å². The molecular formula is C19H21N3O2S. The van der Waals surface area contributed by atoms with Crippen molar-refractivity contribution in [1.29, 1.82) is 0 Å². The van der Waals surface area contributed by atoms with Crippen LogP contribution in [0.1, 0.15) is 38.6 Å². The van der Waals surface area contributed by atoms with Gasteiger partial charge < -0.3 is 9.73 Å². The van der Waals surface area contributed by atoms with E-state index in [2.05, 4.69) is 36.3 Å². The lowest BCUT2D eigenvalue weighted by Gasteiger charge is -2.19. The summed E-state index contributed by atoms with van der Waals surface area (Å²) < 4.78 is 5.59. The summed E-state index contributed by atoms with van der Waals surface area (Å²) in [7, 11) is 0. The number of rotatable bonds is 5. The topological polar surface area (TPSA) is 68.0 Å². The van der Waals surface area contributed by atoms with Crippen molar-refractivity contribution >= 4 is 22.9 Å². The zero-order chi connectivity index (χ0) is 17.9. The molecule has 1 aromatic carbocycles. The number of amides is 1. The third-order valence-electron chi connectivity index (χ3n) is 3.80. The number of carbonyl (C=O) groups is 1. The summed E-state index contributed by atoms with van der Waals surface area (Å²) in [6.45, 7) is 6.49. The van der Waals surface area contributed by atoms with E-state index >= 15 is 0 Å². The Kier molecular flexibility index (Phi) is 4.99. The van der Waals surface area contributed by atoms with Crippen molar-refractivity contribution < 1.29 is 9.21 Å². The predicted octanol–water partition coefficient (Wildman–Crippen LogP) is 4.67. The Morgan fingerprint density at radius 1 is 1.16 bits per heavy atom. The second-order valence-corrected chi connectivity index (χ2v) is 7.80. The van der Waals surface area contributed by atoms with Gasteiger partial charge in [-0.2, -0.15) is 0 Å². The van der Waals surface area contributed by atoms with Crippen molar-refractivity contribution in [2.45, 2.75) is 39.0 Å². The monoisotopic (exact) mass is 355 g/mol. The summed E-state index contributed by atoms with van der Waals surface area (Å²) in [6.07, 6.45) is 0.720. The van der Waals surface area contributed by atoms with Gasteiger partial charge in [0.1, 0.15) is 0 Å². The normalized spacial score (nSPS) is 11.5. The van der Waals surface area contributed by atoms with E-state index < -0.39 is 0 Å². The Morgan fingerprint density at radius 2 is 1.92 bits per heavy atom. The molecule has 3 aromatic rings. The first-order valence-electron chi connectivity index (χ1n) is 8.18. The molecule has 0 saturated carbocycles. The van der Waals surface area contributed by atoms with Gasteiger partial charge in [0, 0.05) is 18.5 Å². The van der Waals surface area contributed by atoms with Crippen LogP contribution < -0.4 is 5.32 Å². The number of nitrogens with zero attached hydrogens (tertiary/aromatic N) is 2. The molecule has 1 N–H and O–H groups in total. The van der Waals surface area contributed by atoms with Crippen LogP contribution in [-0.2, 0) is 16.6 Å². The number of carbonyl (C=O) groups excluding carboxylic acids is 1. The average molecular weight is 355 g/mol. The van der Waals surface area contributed by atoms with Gasteiger partial charge in [-0.1, -0.05) is 39.0 Å². The molecule has 0 radical (unpaired) electrons. The molecule has 0 spiro atoms. The summed E-state index contributed by atoms with van der Waals surface area (Å²) >= 11 is 1.54. The van der Waals surface area contributed by atoms with Crippen LogP contribution in [0.3, 0.4) is 0 Å². The SMILES string of the molecule is CC(C)(C)c1ccc(NC(=O)CCc2nnc(-c3cccs3)o2)cc1. The molecular weight excluding hydrogens is 334 g/mol.